The van der Waals surface area contributed by atoms with Crippen molar-refractivity contribution in [3.8, 4) is 0 Å². The van der Waals surface area contributed by atoms with Gasteiger partial charge >= 0.3 is 8.03 Å². The Morgan fingerprint density at radius 3 is 1.87 bits per heavy atom. The summed E-state index contributed by atoms with van der Waals surface area (Å²) in [5, 5.41) is 5.28. The predicted octanol–water partition coefficient (Wildman–Crippen LogP) is 4.86. The predicted molar refractivity (Wildman–Crippen MR) is 94.7 cm³/mol. The van der Waals surface area contributed by atoms with E-state index < -0.39 is 13.8 Å². The highest BCUT2D eigenvalue weighted by Gasteiger charge is 2.34. The van der Waals surface area contributed by atoms with Crippen molar-refractivity contribution < 1.29 is 9.46 Å². The van der Waals surface area contributed by atoms with Crippen LogP contribution in [0.1, 0.15) is 27.8 Å². The molecule has 0 aliphatic heterocycles. The van der Waals surface area contributed by atoms with E-state index in [0.29, 0.717) is 0 Å². The third-order valence-electron chi connectivity index (χ3n) is 3.62. The minimum atomic E-state index is -2.38. The molecule has 1 heterocycles. The molecule has 0 saturated heterocycles. The van der Waals surface area contributed by atoms with Crippen molar-refractivity contribution in [3.63, 3.8) is 0 Å². The van der Waals surface area contributed by atoms with E-state index in [2.05, 4.69) is 5.32 Å². The van der Waals surface area contributed by atoms with Gasteiger partial charge in [-0.3, -0.25) is 5.32 Å². The van der Waals surface area contributed by atoms with Crippen LogP contribution >= 0.6 is 19.4 Å². The average Bonchev–Trinajstić information content (AvgIpc) is 3.11. The topological polar surface area (TPSA) is 49.3 Å². The van der Waals surface area contributed by atoms with Crippen molar-refractivity contribution >= 4 is 19.4 Å². The van der Waals surface area contributed by atoms with Gasteiger partial charge in [0, 0.05) is 0 Å². The Morgan fingerprint density at radius 2 is 1.43 bits per heavy atom. The largest absolute Gasteiger partial charge is 0.530 e. The molecular weight excluding hydrogens is 325 g/mol. The number of rotatable bonds is 6. The second-order valence-corrected chi connectivity index (χ2v) is 7.24. The average molecular weight is 342 g/mol. The van der Waals surface area contributed by atoms with Gasteiger partial charge in [-0.1, -0.05) is 66.7 Å². The van der Waals surface area contributed by atoms with Gasteiger partial charge in [-0.25, -0.2) is 0 Å². The molecule has 2 N–H and O–H groups in total. The van der Waals surface area contributed by atoms with Gasteiger partial charge in [0.05, 0.1) is 10.9 Å². The van der Waals surface area contributed by atoms with Gasteiger partial charge in [0.25, 0.3) is 5.78 Å². The van der Waals surface area contributed by atoms with Crippen LogP contribution in [0.4, 0.5) is 0 Å². The van der Waals surface area contributed by atoms with E-state index in [1.807, 2.05) is 78.2 Å². The maximum Gasteiger partial charge on any atom is 0.530 e. The smallest absolute Gasteiger partial charge is 0.255 e. The van der Waals surface area contributed by atoms with Crippen LogP contribution in [0.2, 0.25) is 0 Å². The number of hydrogen-bond donors (Lipinski definition) is 2. The van der Waals surface area contributed by atoms with Gasteiger partial charge in [-0.15, -0.1) is 11.3 Å². The lowest BCUT2D eigenvalue weighted by atomic mass is 9.99. The molecule has 2 atom stereocenters. The summed E-state index contributed by atoms with van der Waals surface area (Å²) in [6.45, 7) is 0. The lowest BCUT2D eigenvalue weighted by Crippen LogP contribution is -2.25. The van der Waals surface area contributed by atoms with Crippen molar-refractivity contribution in [3.05, 3.63) is 94.2 Å². The van der Waals surface area contributed by atoms with Crippen LogP contribution in [0.3, 0.4) is 0 Å². The van der Waals surface area contributed by atoms with Crippen molar-refractivity contribution in [2.75, 3.05) is 0 Å². The number of nitrogens with one attached hydrogen (secondary N) is 1. The first-order valence-electron chi connectivity index (χ1n) is 7.30. The second-order valence-electron chi connectivity index (χ2n) is 5.14. The van der Waals surface area contributed by atoms with Crippen molar-refractivity contribution in [2.45, 2.75) is 11.8 Å². The zero-order valence-electron chi connectivity index (χ0n) is 12.4. The molecule has 116 valence electrons. The zero-order chi connectivity index (χ0) is 16.1. The summed E-state index contributed by atoms with van der Waals surface area (Å²) in [7, 11) is -2.38. The highest BCUT2D eigenvalue weighted by Crippen LogP contribution is 2.40. The number of hydrogen-bond acceptors (Lipinski definition) is 3. The van der Waals surface area contributed by atoms with Crippen LogP contribution in [0.25, 0.3) is 0 Å². The summed E-state index contributed by atoms with van der Waals surface area (Å²) >= 11 is 1.49. The maximum atomic E-state index is 11.9. The van der Waals surface area contributed by atoms with Crippen LogP contribution in [-0.4, -0.2) is 4.89 Å². The van der Waals surface area contributed by atoms with Gasteiger partial charge in [0.2, 0.25) is 0 Å². The normalized spacial score (nSPS) is 13.0. The van der Waals surface area contributed by atoms with Gasteiger partial charge in [0.1, 0.15) is 0 Å². The van der Waals surface area contributed by atoms with E-state index in [-0.39, 0.29) is 6.04 Å². The summed E-state index contributed by atoms with van der Waals surface area (Å²) in [4.78, 5) is 10.6. The van der Waals surface area contributed by atoms with Crippen molar-refractivity contribution in [1.82, 2.24) is 5.32 Å². The first-order valence-corrected chi connectivity index (χ1v) is 9.46. The highest BCUT2D eigenvalue weighted by molar-refractivity contribution is 7.39. The monoisotopic (exact) mass is 342 g/mol. The fourth-order valence-corrected chi connectivity index (χ4v) is 4.24. The molecule has 0 fully saturated rings. The molecule has 0 saturated carbocycles. The molecule has 0 radical (unpaired) electrons. The van der Waals surface area contributed by atoms with E-state index in [4.69, 9.17) is 0 Å². The summed E-state index contributed by atoms with van der Waals surface area (Å²) < 4.78 is 11.9. The van der Waals surface area contributed by atoms with Crippen molar-refractivity contribution in [2.24, 2.45) is 0 Å². The molecule has 3 rings (SSSR count). The van der Waals surface area contributed by atoms with Crippen LogP contribution in [0, 0.1) is 0 Å². The molecule has 0 amide bonds. The van der Waals surface area contributed by atoms with Crippen molar-refractivity contribution in [1.29, 1.82) is 0 Å². The fraction of sp³-hybridized carbons (Fsp3) is 0.111. The molecule has 1 aromatic heterocycles. The second kappa shape index (κ2) is 7.62. The Kier molecular flexibility index (Phi) is 5.31. The van der Waals surface area contributed by atoms with Gasteiger partial charge < -0.3 is 0 Å². The molecule has 0 aliphatic rings. The number of thiophene rings is 1. The Morgan fingerprint density at radius 1 is 0.870 bits per heavy atom. The molecule has 0 bridgehead atoms. The molecule has 23 heavy (non-hydrogen) atoms. The number of benzene rings is 2. The molecular formula is C18H17NO2PS+. The van der Waals surface area contributed by atoms with Crippen LogP contribution in [-0.2, 0) is 4.57 Å². The fourth-order valence-electron chi connectivity index (χ4n) is 2.54. The minimum absolute atomic E-state index is 0.143. The highest BCUT2D eigenvalue weighted by atomic mass is 32.1. The SMILES string of the molecule is O=[P+](O)C(NC(c1ccccc1)c1ccccc1)c1cccs1. The Labute approximate surface area is 140 Å². The van der Waals surface area contributed by atoms with Crippen LogP contribution in [0.15, 0.2) is 78.2 Å². The van der Waals surface area contributed by atoms with Crippen LogP contribution in [0.5, 0.6) is 0 Å². The Balaban J connectivity index is 1.97. The molecule has 0 spiro atoms. The van der Waals surface area contributed by atoms with Gasteiger partial charge in [-0.2, -0.15) is 4.89 Å². The Hall–Kier alpha value is -1.84. The van der Waals surface area contributed by atoms with E-state index >= 15 is 0 Å². The molecule has 5 heteroatoms. The minimum Gasteiger partial charge on any atom is -0.255 e. The zero-order valence-corrected chi connectivity index (χ0v) is 14.1. The van der Waals surface area contributed by atoms with E-state index in [0.717, 1.165) is 16.0 Å². The summed E-state index contributed by atoms with van der Waals surface area (Å²) in [5.41, 5.74) is 2.13. The molecule has 2 aromatic carbocycles. The first-order chi connectivity index (χ1) is 11.3. The Bertz CT molecular complexity index is 708. The summed E-state index contributed by atoms with van der Waals surface area (Å²) in [6.07, 6.45) is 0. The lowest BCUT2D eigenvalue weighted by molar-refractivity contribution is 0.465. The lowest BCUT2D eigenvalue weighted by Gasteiger charge is -2.20. The molecule has 3 nitrogen and oxygen atoms in total. The first kappa shape index (κ1) is 16.0. The van der Waals surface area contributed by atoms with E-state index in [1.165, 1.54) is 11.3 Å². The molecule has 0 aliphatic carbocycles. The van der Waals surface area contributed by atoms with Crippen LogP contribution < -0.4 is 5.32 Å². The quantitative estimate of drug-likeness (QED) is 0.629. The summed E-state index contributed by atoms with van der Waals surface area (Å²) in [5.74, 6) is -0.588. The third kappa shape index (κ3) is 3.92. The summed E-state index contributed by atoms with van der Waals surface area (Å²) in [6, 6.07) is 23.6. The third-order valence-corrected chi connectivity index (χ3v) is 5.60. The van der Waals surface area contributed by atoms with E-state index in [9.17, 15) is 9.46 Å². The maximum absolute atomic E-state index is 11.9. The molecule has 2 unspecified atom stereocenters. The standard InChI is InChI=1S/C18H16NO2PS/c20-22(21)18(16-12-7-13-23-16)19-17(14-8-3-1-4-9-14)15-10-5-2-6-11-15/h1-13,17-19H/p+1. The van der Waals surface area contributed by atoms with E-state index in [1.54, 1.807) is 0 Å². The van der Waals surface area contributed by atoms with Gasteiger partial charge in [-0.05, 0) is 27.1 Å². The van der Waals surface area contributed by atoms with Gasteiger partial charge in [0.15, 0.2) is 0 Å². The molecule has 3 aromatic rings.